The SMILES string of the molecule is C=CC(=O)N1[C@H](C)CN(c2nc(=O)n3c4c(c(-c5ccc(F)c(Cl)c5)c(C(F)(F)F)cc24)SCC2(COC2)C3)C[C@@H]1C. The van der Waals surface area contributed by atoms with Crippen molar-refractivity contribution in [3.63, 3.8) is 0 Å². The summed E-state index contributed by atoms with van der Waals surface area (Å²) in [6, 6.07) is 3.89. The Morgan fingerprint density at radius 1 is 1.21 bits per heavy atom. The smallest absolute Gasteiger partial charge is 0.380 e. The van der Waals surface area contributed by atoms with Crippen LogP contribution in [0.15, 0.2) is 46.6 Å². The van der Waals surface area contributed by atoms with Gasteiger partial charge in [0.15, 0.2) is 0 Å². The minimum absolute atomic E-state index is 0.0927. The number of carbonyl (C=O) groups excluding carboxylic acids is 1. The summed E-state index contributed by atoms with van der Waals surface area (Å²) < 4.78 is 65.6. The minimum atomic E-state index is -4.79. The highest BCUT2D eigenvalue weighted by atomic mass is 35.5. The van der Waals surface area contributed by atoms with Gasteiger partial charge in [0.2, 0.25) is 5.91 Å². The van der Waals surface area contributed by atoms with Gasteiger partial charge in [0.25, 0.3) is 0 Å². The predicted molar refractivity (Wildman–Crippen MR) is 154 cm³/mol. The molecule has 0 bridgehead atoms. The first-order chi connectivity index (χ1) is 19.8. The molecule has 42 heavy (non-hydrogen) atoms. The molecule has 2 fully saturated rings. The van der Waals surface area contributed by atoms with Gasteiger partial charge in [-0.15, -0.1) is 11.8 Å². The van der Waals surface area contributed by atoms with E-state index >= 15 is 0 Å². The second-order valence-corrected chi connectivity index (χ2v) is 12.7. The van der Waals surface area contributed by atoms with Gasteiger partial charge in [-0.05, 0) is 43.7 Å². The highest BCUT2D eigenvalue weighted by molar-refractivity contribution is 7.99. The van der Waals surface area contributed by atoms with Crippen molar-refractivity contribution >= 4 is 46.0 Å². The van der Waals surface area contributed by atoms with E-state index in [0.717, 1.165) is 12.1 Å². The first-order valence-corrected chi connectivity index (χ1v) is 14.7. The van der Waals surface area contributed by atoms with Gasteiger partial charge in [0.1, 0.15) is 11.6 Å². The largest absolute Gasteiger partial charge is 0.417 e. The van der Waals surface area contributed by atoms with Gasteiger partial charge in [0.05, 0.1) is 29.3 Å². The van der Waals surface area contributed by atoms with Crippen molar-refractivity contribution in [2.75, 3.05) is 37.0 Å². The van der Waals surface area contributed by atoms with Crippen molar-refractivity contribution in [3.8, 4) is 11.1 Å². The van der Waals surface area contributed by atoms with Crippen LogP contribution in [0.1, 0.15) is 19.4 Å². The molecule has 1 amide bonds. The number of rotatable bonds is 3. The number of hydrogen-bond acceptors (Lipinski definition) is 6. The van der Waals surface area contributed by atoms with Crippen LogP contribution in [-0.2, 0) is 22.3 Å². The average Bonchev–Trinajstić information content (AvgIpc) is 3.10. The lowest BCUT2D eigenvalue weighted by Crippen LogP contribution is -2.58. The standard InChI is InChI=1S/C29H27ClF4N4O3S/c1-4-22(39)38-15(2)9-36(10-16(38)3)26-18-8-19(29(32,33)34)23(17-5-6-21(31)20(30)7-17)25-24(18)37(27(40)35-26)11-28(14-42-25)12-41-13-28/h4-8,15-16H,1,9-14H2,2-3H3/t15-,16+. The summed E-state index contributed by atoms with van der Waals surface area (Å²) in [5.41, 5.74) is -1.69. The van der Waals surface area contributed by atoms with Crippen LogP contribution in [0.3, 0.4) is 0 Å². The topological polar surface area (TPSA) is 67.7 Å². The first kappa shape index (κ1) is 29.0. The van der Waals surface area contributed by atoms with E-state index in [-0.39, 0.29) is 69.9 Å². The van der Waals surface area contributed by atoms with Gasteiger partial charge in [-0.1, -0.05) is 24.2 Å². The molecule has 1 spiro atoms. The second-order valence-electron chi connectivity index (χ2n) is 11.3. The quantitative estimate of drug-likeness (QED) is 0.280. The van der Waals surface area contributed by atoms with E-state index in [1.54, 1.807) is 9.80 Å². The van der Waals surface area contributed by atoms with Gasteiger partial charge in [-0.25, -0.2) is 9.18 Å². The summed E-state index contributed by atoms with van der Waals surface area (Å²) in [5.74, 6) is -0.451. The molecule has 0 unspecified atom stereocenters. The van der Waals surface area contributed by atoms with Crippen molar-refractivity contribution in [1.29, 1.82) is 0 Å². The Balaban J connectivity index is 1.64. The molecule has 0 N–H and O–H groups in total. The maximum atomic E-state index is 14.9. The maximum absolute atomic E-state index is 14.9. The number of benzene rings is 2. The number of amides is 1. The van der Waals surface area contributed by atoms with E-state index in [2.05, 4.69) is 11.6 Å². The number of thioether (sulfide) groups is 1. The Kier molecular flexibility index (Phi) is 7.09. The zero-order chi connectivity index (χ0) is 30.1. The number of hydrogen-bond donors (Lipinski definition) is 0. The van der Waals surface area contributed by atoms with E-state index in [4.69, 9.17) is 16.3 Å². The van der Waals surface area contributed by atoms with Gasteiger partial charge >= 0.3 is 11.9 Å². The number of halogens is 5. The van der Waals surface area contributed by atoms with Crippen LogP contribution >= 0.6 is 23.4 Å². The molecule has 4 heterocycles. The van der Waals surface area contributed by atoms with E-state index in [0.29, 0.717) is 24.5 Å². The number of alkyl halides is 3. The molecule has 13 heteroatoms. The molecule has 7 nitrogen and oxygen atoms in total. The molecule has 0 radical (unpaired) electrons. The first-order valence-electron chi connectivity index (χ1n) is 13.4. The highest BCUT2D eigenvalue weighted by Crippen LogP contribution is 2.51. The predicted octanol–water partition coefficient (Wildman–Crippen LogP) is 5.61. The van der Waals surface area contributed by atoms with Gasteiger partial charge < -0.3 is 14.5 Å². The van der Waals surface area contributed by atoms with Crippen molar-refractivity contribution in [1.82, 2.24) is 14.5 Å². The molecule has 222 valence electrons. The zero-order valence-corrected chi connectivity index (χ0v) is 24.4. The summed E-state index contributed by atoms with van der Waals surface area (Å²) in [6.45, 7) is 8.71. The monoisotopic (exact) mass is 622 g/mol. The van der Waals surface area contributed by atoms with E-state index in [1.807, 2.05) is 13.8 Å². The molecule has 3 aromatic rings. The van der Waals surface area contributed by atoms with Crippen LogP contribution in [0.4, 0.5) is 23.4 Å². The molecule has 2 saturated heterocycles. The van der Waals surface area contributed by atoms with Gasteiger partial charge in [-0.3, -0.25) is 9.36 Å². The number of carbonyl (C=O) groups is 1. The summed E-state index contributed by atoms with van der Waals surface area (Å²) in [7, 11) is 0. The van der Waals surface area contributed by atoms with Crippen molar-refractivity contribution in [2.24, 2.45) is 5.41 Å². The molecular formula is C29H27ClF4N4O3S. The van der Waals surface area contributed by atoms with Crippen LogP contribution in [0, 0.1) is 11.2 Å². The molecule has 3 aliphatic rings. The fourth-order valence-electron chi connectivity index (χ4n) is 6.29. The maximum Gasteiger partial charge on any atom is 0.417 e. The van der Waals surface area contributed by atoms with E-state index in [1.165, 1.54) is 34.5 Å². The van der Waals surface area contributed by atoms with Crippen LogP contribution in [0.2, 0.25) is 5.02 Å². The van der Waals surface area contributed by atoms with Gasteiger partial charge in [-0.2, -0.15) is 18.2 Å². The lowest BCUT2D eigenvalue weighted by atomic mass is 9.88. The number of ether oxygens (including phenoxy) is 1. The second kappa shape index (κ2) is 10.3. The molecule has 1 aromatic heterocycles. The summed E-state index contributed by atoms with van der Waals surface area (Å²) in [5, 5.41) is -0.125. The molecule has 0 saturated carbocycles. The number of piperazine rings is 1. The van der Waals surface area contributed by atoms with E-state index < -0.39 is 28.7 Å². The summed E-state index contributed by atoms with van der Waals surface area (Å²) >= 11 is 7.27. The third-order valence-corrected chi connectivity index (χ3v) is 9.93. The van der Waals surface area contributed by atoms with Crippen LogP contribution in [0.5, 0.6) is 0 Å². The average molecular weight is 623 g/mol. The fraction of sp³-hybridized carbons (Fsp3) is 0.414. The number of anilines is 1. The third-order valence-electron chi connectivity index (χ3n) is 8.19. The minimum Gasteiger partial charge on any atom is -0.380 e. The fourth-order valence-corrected chi connectivity index (χ4v) is 7.91. The van der Waals surface area contributed by atoms with E-state index in [9.17, 15) is 27.2 Å². The molecule has 2 aromatic carbocycles. The Bertz CT molecular complexity index is 1680. The van der Waals surface area contributed by atoms with Crippen molar-refractivity contribution in [3.05, 3.63) is 63.8 Å². The molecule has 0 aliphatic carbocycles. The van der Waals surface area contributed by atoms with Gasteiger partial charge in [0, 0.05) is 58.7 Å². The normalized spacial score (nSPS) is 21.8. The number of nitrogens with zero attached hydrogens (tertiary/aromatic N) is 4. The van der Waals surface area contributed by atoms with Crippen LogP contribution in [0.25, 0.3) is 22.0 Å². The zero-order valence-electron chi connectivity index (χ0n) is 22.8. The van der Waals surface area contributed by atoms with Crippen LogP contribution in [-0.4, -0.2) is 64.5 Å². The third kappa shape index (κ3) is 4.67. The summed E-state index contributed by atoms with van der Waals surface area (Å²) in [6.07, 6.45) is -3.56. The Morgan fingerprint density at radius 3 is 2.48 bits per heavy atom. The molecule has 2 atom stereocenters. The molecule has 3 aliphatic heterocycles. The molecular weight excluding hydrogens is 596 g/mol. The van der Waals surface area contributed by atoms with Crippen molar-refractivity contribution < 1.29 is 27.1 Å². The lowest BCUT2D eigenvalue weighted by Gasteiger charge is -2.44. The highest BCUT2D eigenvalue weighted by Gasteiger charge is 2.45. The van der Waals surface area contributed by atoms with Crippen molar-refractivity contribution in [2.45, 2.75) is 43.5 Å². The van der Waals surface area contributed by atoms with Crippen LogP contribution < -0.4 is 10.6 Å². The summed E-state index contributed by atoms with van der Waals surface area (Å²) in [4.78, 5) is 34.3. The molecule has 6 rings (SSSR count). The lowest BCUT2D eigenvalue weighted by molar-refractivity contribution is -0.137. The number of aromatic nitrogens is 2. The Labute approximate surface area is 248 Å². The Morgan fingerprint density at radius 2 is 1.90 bits per heavy atom. The Hall–Kier alpha value is -3.09.